The van der Waals surface area contributed by atoms with Crippen LogP contribution in [0.25, 0.3) is 0 Å². The van der Waals surface area contributed by atoms with Gasteiger partial charge in [0.25, 0.3) is 0 Å². The SMILES string of the molecule is CCCc1ncc(CNC(=O)C(CS)CC(C)C)n1Cc1ccc(C(=O)O)c(Br)c1. The first-order valence-electron chi connectivity index (χ1n) is 10.2. The van der Waals surface area contributed by atoms with Crippen molar-refractivity contribution in [3.8, 4) is 0 Å². The number of carboxylic acids is 1. The molecule has 0 saturated carbocycles. The Labute approximate surface area is 192 Å². The molecule has 6 nitrogen and oxygen atoms in total. The van der Waals surface area contributed by atoms with Crippen LogP contribution in [0.2, 0.25) is 0 Å². The highest BCUT2D eigenvalue weighted by Gasteiger charge is 2.19. The molecule has 2 aromatic rings. The van der Waals surface area contributed by atoms with Crippen molar-refractivity contribution >= 4 is 40.4 Å². The lowest BCUT2D eigenvalue weighted by Gasteiger charge is -2.18. The number of halogens is 1. The van der Waals surface area contributed by atoms with Gasteiger partial charge in [-0.3, -0.25) is 4.79 Å². The van der Waals surface area contributed by atoms with Gasteiger partial charge in [-0.25, -0.2) is 9.78 Å². The fourth-order valence-electron chi connectivity index (χ4n) is 3.38. The highest BCUT2D eigenvalue weighted by molar-refractivity contribution is 9.10. The van der Waals surface area contributed by atoms with Gasteiger partial charge in [0.2, 0.25) is 5.91 Å². The fourth-order valence-corrected chi connectivity index (χ4v) is 4.29. The molecule has 164 valence electrons. The highest BCUT2D eigenvalue weighted by atomic mass is 79.9. The maximum absolute atomic E-state index is 12.6. The van der Waals surface area contributed by atoms with Crippen LogP contribution in [0.15, 0.2) is 28.9 Å². The van der Waals surface area contributed by atoms with Crippen molar-refractivity contribution in [2.75, 3.05) is 5.75 Å². The molecule has 2 N–H and O–H groups in total. The Morgan fingerprint density at radius 1 is 1.33 bits per heavy atom. The van der Waals surface area contributed by atoms with Crippen LogP contribution < -0.4 is 5.32 Å². The first-order valence-corrected chi connectivity index (χ1v) is 11.6. The Morgan fingerprint density at radius 3 is 2.63 bits per heavy atom. The summed E-state index contributed by atoms with van der Waals surface area (Å²) in [5.74, 6) is 0.839. The van der Waals surface area contributed by atoms with E-state index in [1.807, 2.05) is 18.3 Å². The van der Waals surface area contributed by atoms with E-state index >= 15 is 0 Å². The Kier molecular flexibility index (Phi) is 9.42. The Morgan fingerprint density at radius 2 is 2.07 bits per heavy atom. The number of carboxylic acid groups (broad SMARTS) is 1. The zero-order valence-corrected chi connectivity index (χ0v) is 20.2. The summed E-state index contributed by atoms with van der Waals surface area (Å²) in [5.41, 5.74) is 2.11. The Bertz CT molecular complexity index is 883. The van der Waals surface area contributed by atoms with Gasteiger partial charge < -0.3 is 15.0 Å². The summed E-state index contributed by atoms with van der Waals surface area (Å²) in [4.78, 5) is 28.4. The van der Waals surface area contributed by atoms with Gasteiger partial charge in [-0.15, -0.1) is 0 Å². The summed E-state index contributed by atoms with van der Waals surface area (Å²) in [7, 11) is 0. The number of carbonyl (C=O) groups is 2. The van der Waals surface area contributed by atoms with E-state index in [1.54, 1.807) is 6.07 Å². The van der Waals surface area contributed by atoms with Gasteiger partial charge in [0.15, 0.2) is 0 Å². The molecule has 8 heteroatoms. The average Bonchev–Trinajstić information content (AvgIpc) is 3.05. The number of nitrogens with zero attached hydrogens (tertiary/aromatic N) is 2. The number of amides is 1. The van der Waals surface area contributed by atoms with Crippen LogP contribution in [0.3, 0.4) is 0 Å². The quantitative estimate of drug-likeness (QED) is 0.399. The van der Waals surface area contributed by atoms with Crippen molar-refractivity contribution in [1.29, 1.82) is 0 Å². The number of thiol groups is 1. The predicted octanol–water partition coefficient (Wildman–Crippen LogP) is 4.55. The van der Waals surface area contributed by atoms with Crippen LogP contribution in [-0.4, -0.2) is 32.3 Å². The van der Waals surface area contributed by atoms with E-state index in [-0.39, 0.29) is 17.4 Å². The number of rotatable bonds is 11. The zero-order valence-electron chi connectivity index (χ0n) is 17.7. The minimum atomic E-state index is -0.966. The number of carbonyl (C=O) groups excluding carboxylic acids is 1. The Hall–Kier alpha value is -1.80. The number of hydrogen-bond donors (Lipinski definition) is 3. The van der Waals surface area contributed by atoms with E-state index in [2.05, 4.69) is 64.2 Å². The molecule has 1 atom stereocenters. The summed E-state index contributed by atoms with van der Waals surface area (Å²) in [6, 6.07) is 5.23. The lowest BCUT2D eigenvalue weighted by atomic mass is 9.98. The van der Waals surface area contributed by atoms with Gasteiger partial charge >= 0.3 is 5.97 Å². The standard InChI is InChI=1S/C22H30BrN3O3S/c1-4-5-20-24-10-17(11-25-21(27)16(13-30)8-14(2)3)26(20)12-15-6-7-18(22(28)29)19(23)9-15/h6-7,9-10,14,16,30H,4-5,8,11-13H2,1-3H3,(H,25,27)(H,28,29). The lowest BCUT2D eigenvalue weighted by molar-refractivity contribution is -0.124. The second-order valence-electron chi connectivity index (χ2n) is 7.85. The van der Waals surface area contributed by atoms with Gasteiger partial charge in [-0.2, -0.15) is 12.6 Å². The molecule has 0 aliphatic carbocycles. The van der Waals surface area contributed by atoms with Crippen LogP contribution in [0, 0.1) is 11.8 Å². The largest absolute Gasteiger partial charge is 0.478 e. The fraction of sp³-hybridized carbons (Fsp3) is 0.500. The second-order valence-corrected chi connectivity index (χ2v) is 9.07. The molecule has 30 heavy (non-hydrogen) atoms. The maximum atomic E-state index is 12.6. The first kappa shape index (κ1) is 24.5. The third kappa shape index (κ3) is 6.60. The third-order valence-corrected chi connectivity index (χ3v) is 5.99. The first-order chi connectivity index (χ1) is 14.3. The molecule has 0 radical (unpaired) electrons. The van der Waals surface area contributed by atoms with Crippen LogP contribution in [0.4, 0.5) is 0 Å². The molecular weight excluding hydrogens is 466 g/mol. The van der Waals surface area contributed by atoms with E-state index in [0.717, 1.165) is 36.3 Å². The summed E-state index contributed by atoms with van der Waals surface area (Å²) >= 11 is 7.68. The number of aryl methyl sites for hydroxylation is 1. The van der Waals surface area contributed by atoms with Gasteiger partial charge in [-0.05, 0) is 52.4 Å². The summed E-state index contributed by atoms with van der Waals surface area (Å²) in [5, 5.41) is 12.3. The molecule has 0 fully saturated rings. The molecule has 2 rings (SSSR count). The van der Waals surface area contributed by atoms with E-state index in [9.17, 15) is 14.7 Å². The van der Waals surface area contributed by atoms with Crippen molar-refractivity contribution < 1.29 is 14.7 Å². The van der Waals surface area contributed by atoms with Gasteiger partial charge in [0, 0.05) is 29.1 Å². The number of aromatic nitrogens is 2. The minimum Gasteiger partial charge on any atom is -0.478 e. The zero-order chi connectivity index (χ0) is 22.3. The van der Waals surface area contributed by atoms with E-state index in [4.69, 9.17) is 0 Å². The molecule has 0 saturated heterocycles. The number of nitrogens with one attached hydrogen (secondary N) is 1. The Balaban J connectivity index is 2.19. The lowest BCUT2D eigenvalue weighted by Crippen LogP contribution is -2.32. The highest BCUT2D eigenvalue weighted by Crippen LogP contribution is 2.21. The number of imidazole rings is 1. The van der Waals surface area contributed by atoms with E-state index in [0.29, 0.717) is 29.2 Å². The minimum absolute atomic E-state index is 0.0112. The number of benzene rings is 1. The van der Waals surface area contributed by atoms with Crippen LogP contribution in [0.5, 0.6) is 0 Å². The topological polar surface area (TPSA) is 84.2 Å². The molecule has 1 unspecified atom stereocenters. The van der Waals surface area contributed by atoms with E-state index in [1.165, 1.54) is 0 Å². The molecule has 1 amide bonds. The second kappa shape index (κ2) is 11.6. The molecule has 0 bridgehead atoms. The third-order valence-electron chi connectivity index (χ3n) is 4.89. The molecule has 0 aliphatic rings. The monoisotopic (exact) mass is 495 g/mol. The molecule has 1 aromatic heterocycles. The molecule has 1 heterocycles. The summed E-state index contributed by atoms with van der Waals surface area (Å²) in [6.45, 7) is 7.25. The number of hydrogen-bond acceptors (Lipinski definition) is 4. The average molecular weight is 496 g/mol. The molecule has 1 aromatic carbocycles. The summed E-state index contributed by atoms with van der Waals surface area (Å²) in [6.07, 6.45) is 4.40. The van der Waals surface area contributed by atoms with Crippen LogP contribution in [0.1, 0.15) is 61.1 Å². The van der Waals surface area contributed by atoms with Crippen molar-refractivity contribution in [2.45, 2.75) is 53.1 Å². The molecule has 0 spiro atoms. The normalized spacial score (nSPS) is 12.2. The predicted molar refractivity (Wildman–Crippen MR) is 125 cm³/mol. The van der Waals surface area contributed by atoms with Crippen LogP contribution >= 0.6 is 28.6 Å². The van der Waals surface area contributed by atoms with Gasteiger partial charge in [-0.1, -0.05) is 26.8 Å². The smallest absolute Gasteiger partial charge is 0.336 e. The van der Waals surface area contributed by atoms with Gasteiger partial charge in [0.05, 0.1) is 24.0 Å². The van der Waals surface area contributed by atoms with Crippen molar-refractivity contribution in [1.82, 2.24) is 14.9 Å². The van der Waals surface area contributed by atoms with Crippen molar-refractivity contribution in [2.24, 2.45) is 11.8 Å². The van der Waals surface area contributed by atoms with Crippen molar-refractivity contribution in [3.05, 3.63) is 51.5 Å². The van der Waals surface area contributed by atoms with Crippen LogP contribution in [-0.2, 0) is 24.3 Å². The molecular formula is C22H30BrN3O3S. The van der Waals surface area contributed by atoms with E-state index < -0.39 is 5.97 Å². The molecule has 0 aliphatic heterocycles. The van der Waals surface area contributed by atoms with Gasteiger partial charge in [0.1, 0.15) is 5.82 Å². The van der Waals surface area contributed by atoms with Crippen molar-refractivity contribution in [3.63, 3.8) is 0 Å². The summed E-state index contributed by atoms with van der Waals surface area (Å²) < 4.78 is 2.65. The number of aromatic carboxylic acids is 1. The maximum Gasteiger partial charge on any atom is 0.336 e.